The number of hydrogen-bond acceptors (Lipinski definition) is 1. The van der Waals surface area contributed by atoms with Gasteiger partial charge in [0.15, 0.2) is 23.2 Å². The fourth-order valence-electron chi connectivity index (χ4n) is 5.23. The van der Waals surface area contributed by atoms with E-state index in [4.69, 9.17) is 4.74 Å². The highest BCUT2D eigenvalue weighted by Gasteiger charge is 2.26. The van der Waals surface area contributed by atoms with Crippen LogP contribution in [0.25, 0.3) is 22.3 Å². The average molecular weight is 511 g/mol. The van der Waals surface area contributed by atoms with Crippen molar-refractivity contribution >= 4 is 0 Å². The van der Waals surface area contributed by atoms with Crippen molar-refractivity contribution in [1.29, 1.82) is 0 Å². The molecule has 0 bridgehead atoms. The maximum Gasteiger partial charge on any atom is 0.201 e. The molecule has 0 aliphatic heterocycles. The van der Waals surface area contributed by atoms with Gasteiger partial charge in [0.05, 0.1) is 6.61 Å². The molecule has 4 rings (SSSR count). The van der Waals surface area contributed by atoms with Gasteiger partial charge in [-0.25, -0.2) is 13.2 Å². The van der Waals surface area contributed by atoms with Gasteiger partial charge in [-0.3, -0.25) is 0 Å². The van der Waals surface area contributed by atoms with E-state index in [-0.39, 0.29) is 22.8 Å². The van der Waals surface area contributed by atoms with Crippen LogP contribution in [0.4, 0.5) is 17.6 Å². The number of allylic oxidation sites excluding steroid dienone is 2. The number of ether oxygens (including phenoxy) is 1. The Kier molecular flexibility index (Phi) is 9.07. The van der Waals surface area contributed by atoms with Crippen LogP contribution >= 0.6 is 0 Å². The molecule has 196 valence electrons. The molecule has 1 aliphatic carbocycles. The van der Waals surface area contributed by atoms with Gasteiger partial charge in [-0.15, -0.1) is 0 Å². The molecular formula is C32H34F4O. The average Bonchev–Trinajstić information content (AvgIpc) is 2.91. The smallest absolute Gasteiger partial charge is 0.201 e. The zero-order valence-electron chi connectivity index (χ0n) is 21.5. The van der Waals surface area contributed by atoms with Gasteiger partial charge in [-0.05, 0) is 79.7 Å². The summed E-state index contributed by atoms with van der Waals surface area (Å²) in [5.41, 5.74) is 1.58. The molecule has 1 aliphatic rings. The third-order valence-electron chi connectivity index (χ3n) is 7.35. The second-order valence-electron chi connectivity index (χ2n) is 9.84. The van der Waals surface area contributed by atoms with Gasteiger partial charge < -0.3 is 4.74 Å². The summed E-state index contributed by atoms with van der Waals surface area (Å²) in [7, 11) is 0. The van der Waals surface area contributed by atoms with Crippen LogP contribution in [0.5, 0.6) is 5.75 Å². The van der Waals surface area contributed by atoms with Crippen molar-refractivity contribution < 1.29 is 22.3 Å². The van der Waals surface area contributed by atoms with Crippen molar-refractivity contribution in [2.24, 2.45) is 5.92 Å². The first kappa shape index (κ1) is 27.0. The van der Waals surface area contributed by atoms with E-state index in [1.165, 1.54) is 12.1 Å². The molecule has 1 nitrogen and oxygen atoms in total. The van der Waals surface area contributed by atoms with Gasteiger partial charge in [0, 0.05) is 11.1 Å². The molecule has 0 spiro atoms. The highest BCUT2D eigenvalue weighted by atomic mass is 19.2. The molecule has 0 heterocycles. The summed E-state index contributed by atoms with van der Waals surface area (Å²) in [6, 6.07) is 12.6. The number of halogens is 4. The van der Waals surface area contributed by atoms with Crippen molar-refractivity contribution in [3.63, 3.8) is 0 Å². The number of rotatable bonds is 9. The Hall–Kier alpha value is -3.08. The predicted octanol–water partition coefficient (Wildman–Crippen LogP) is 10.00. The van der Waals surface area contributed by atoms with Crippen LogP contribution in [0.1, 0.15) is 70.3 Å². The molecule has 0 amide bonds. The van der Waals surface area contributed by atoms with E-state index < -0.39 is 23.3 Å². The minimum Gasteiger partial charge on any atom is -0.490 e. The summed E-state index contributed by atoms with van der Waals surface area (Å²) in [4.78, 5) is 0. The topological polar surface area (TPSA) is 9.23 Å². The molecule has 1 fully saturated rings. The first-order valence-electron chi connectivity index (χ1n) is 13.3. The van der Waals surface area contributed by atoms with Crippen molar-refractivity contribution in [2.45, 2.75) is 64.7 Å². The quantitative estimate of drug-likeness (QED) is 0.158. The molecule has 0 unspecified atom stereocenters. The lowest BCUT2D eigenvalue weighted by atomic mass is 9.78. The summed E-state index contributed by atoms with van der Waals surface area (Å²) >= 11 is 0. The zero-order chi connectivity index (χ0) is 26.4. The van der Waals surface area contributed by atoms with Crippen molar-refractivity contribution in [2.75, 3.05) is 6.61 Å². The van der Waals surface area contributed by atoms with Crippen LogP contribution in [-0.2, 0) is 0 Å². The molecule has 0 N–H and O–H groups in total. The Bertz CT molecular complexity index is 1220. The van der Waals surface area contributed by atoms with E-state index in [0.29, 0.717) is 29.2 Å². The molecule has 5 heteroatoms. The van der Waals surface area contributed by atoms with E-state index in [1.54, 1.807) is 36.4 Å². The second kappa shape index (κ2) is 12.4. The van der Waals surface area contributed by atoms with Crippen LogP contribution in [0, 0.1) is 29.2 Å². The highest BCUT2D eigenvalue weighted by Crippen LogP contribution is 2.39. The molecule has 0 radical (unpaired) electrons. The Morgan fingerprint density at radius 2 is 1.32 bits per heavy atom. The lowest BCUT2D eigenvalue weighted by Crippen LogP contribution is -2.13. The van der Waals surface area contributed by atoms with E-state index in [0.717, 1.165) is 44.9 Å². The second-order valence-corrected chi connectivity index (χ2v) is 9.84. The lowest BCUT2D eigenvalue weighted by Gasteiger charge is -2.27. The van der Waals surface area contributed by atoms with Crippen molar-refractivity contribution in [1.82, 2.24) is 0 Å². The van der Waals surface area contributed by atoms with Gasteiger partial charge in [0.1, 0.15) is 0 Å². The fraction of sp³-hybridized carbons (Fsp3) is 0.375. The summed E-state index contributed by atoms with van der Waals surface area (Å²) in [6.07, 6.45) is 10.6. The normalized spacial score (nSPS) is 17.9. The lowest BCUT2D eigenvalue weighted by molar-refractivity contribution is 0.286. The van der Waals surface area contributed by atoms with Gasteiger partial charge in [0.2, 0.25) is 5.82 Å². The summed E-state index contributed by atoms with van der Waals surface area (Å²) < 4.78 is 64.9. The zero-order valence-corrected chi connectivity index (χ0v) is 21.5. The summed E-state index contributed by atoms with van der Waals surface area (Å²) in [5.74, 6) is -3.26. The van der Waals surface area contributed by atoms with Crippen LogP contribution in [-0.4, -0.2) is 6.61 Å². The minimum atomic E-state index is -1.03. The molecular weight excluding hydrogens is 476 g/mol. The first-order chi connectivity index (χ1) is 17.9. The third kappa shape index (κ3) is 6.08. The Labute approximate surface area is 217 Å². The van der Waals surface area contributed by atoms with Crippen LogP contribution in [0.15, 0.2) is 60.7 Å². The van der Waals surface area contributed by atoms with Crippen LogP contribution in [0.3, 0.4) is 0 Å². The molecule has 37 heavy (non-hydrogen) atoms. The highest BCUT2D eigenvalue weighted by molar-refractivity contribution is 5.72. The molecule has 0 atom stereocenters. The molecule has 0 saturated heterocycles. The maximum absolute atomic E-state index is 15.1. The van der Waals surface area contributed by atoms with Crippen molar-refractivity contribution in [3.05, 3.63) is 89.5 Å². The summed E-state index contributed by atoms with van der Waals surface area (Å²) in [6.45, 7) is 4.39. The van der Waals surface area contributed by atoms with E-state index >= 15 is 8.78 Å². The van der Waals surface area contributed by atoms with Crippen molar-refractivity contribution in [3.8, 4) is 28.0 Å². The van der Waals surface area contributed by atoms with Gasteiger partial charge >= 0.3 is 0 Å². The molecule has 3 aromatic carbocycles. The fourth-order valence-corrected chi connectivity index (χ4v) is 5.23. The number of hydrogen-bond donors (Lipinski definition) is 0. The molecule has 3 aromatic rings. The third-order valence-corrected chi connectivity index (χ3v) is 7.35. The number of unbranched alkanes of at least 4 members (excludes halogenated alkanes) is 2. The monoisotopic (exact) mass is 510 g/mol. The number of benzene rings is 3. The van der Waals surface area contributed by atoms with E-state index in [2.05, 4.69) is 19.1 Å². The van der Waals surface area contributed by atoms with Gasteiger partial charge in [-0.1, -0.05) is 68.3 Å². The Morgan fingerprint density at radius 3 is 1.92 bits per heavy atom. The Morgan fingerprint density at radius 1 is 0.730 bits per heavy atom. The molecule has 0 aromatic heterocycles. The molecule has 1 saturated carbocycles. The largest absolute Gasteiger partial charge is 0.490 e. The minimum absolute atomic E-state index is 0.0175. The van der Waals surface area contributed by atoms with E-state index in [9.17, 15) is 8.78 Å². The van der Waals surface area contributed by atoms with Gasteiger partial charge in [0.25, 0.3) is 0 Å². The SMILES string of the molecule is CC=CC1CCC(c2ccc(-c3ccc(-c4ccc(OCCCCC)c(F)c4F)cc3)c(F)c2F)CC1. The van der Waals surface area contributed by atoms with E-state index in [1.807, 2.05) is 6.92 Å². The standard InChI is InChI=1S/C32H34F4O/c1-3-5-6-20-37-28-19-18-27(31(35)32(28)36)24-14-12-23(13-15-24)26-17-16-25(29(33)30(26)34)22-10-8-21(7-4-2)9-11-22/h4,7,12-19,21-22H,3,5-6,8-11,20H2,1-2H3. The van der Waals surface area contributed by atoms with Crippen LogP contribution in [0.2, 0.25) is 0 Å². The van der Waals surface area contributed by atoms with Crippen LogP contribution < -0.4 is 4.74 Å². The summed E-state index contributed by atoms with van der Waals surface area (Å²) in [5, 5.41) is 0. The first-order valence-corrected chi connectivity index (χ1v) is 13.3. The maximum atomic E-state index is 15.1. The van der Waals surface area contributed by atoms with Gasteiger partial charge in [-0.2, -0.15) is 4.39 Å². The Balaban J connectivity index is 1.50. The predicted molar refractivity (Wildman–Crippen MR) is 142 cm³/mol.